The maximum absolute atomic E-state index is 6.31. The van der Waals surface area contributed by atoms with Gasteiger partial charge in [-0.15, -0.1) is 27.4 Å². The van der Waals surface area contributed by atoms with Gasteiger partial charge in [0.2, 0.25) is 0 Å². The van der Waals surface area contributed by atoms with Crippen LogP contribution in [0, 0.1) is 0 Å². The molecule has 0 aliphatic carbocycles. The van der Waals surface area contributed by atoms with Crippen molar-refractivity contribution in [3.8, 4) is 0 Å². The molecule has 0 radical (unpaired) electrons. The topological polar surface area (TPSA) is 105 Å². The Morgan fingerprint density at radius 3 is 0.524 bits per heavy atom. The van der Waals surface area contributed by atoms with Crippen LogP contribution in [0.5, 0.6) is 0 Å². The minimum atomic E-state index is -1.12. The summed E-state index contributed by atoms with van der Waals surface area (Å²) >= 11 is 0. The third-order valence-electron chi connectivity index (χ3n) is 0. The van der Waals surface area contributed by atoms with Crippen LogP contribution in [0.15, 0.2) is 0 Å². The molecule has 9 N–H and O–H groups in total. The second-order valence-corrected chi connectivity index (χ2v) is 0. The monoisotopic (exact) mass is 400 g/mol. The summed E-state index contributed by atoms with van der Waals surface area (Å²) in [5.41, 5.74) is 0. The Morgan fingerprint density at radius 1 is 0.524 bits per heavy atom. The second-order valence-electron chi connectivity index (χ2n) is 0. The third kappa shape index (κ3) is 5680. The zero-order valence-electron chi connectivity index (χ0n) is 15.1. The van der Waals surface area contributed by atoms with Crippen molar-refractivity contribution in [2.24, 2.45) is 0 Å². The summed E-state index contributed by atoms with van der Waals surface area (Å²) in [6.07, 6.45) is 11.2. The lowest BCUT2D eigenvalue weighted by Gasteiger charge is -1.10. The van der Waals surface area contributed by atoms with E-state index in [0.717, 1.165) is 0 Å². The van der Waals surface area contributed by atoms with Crippen molar-refractivity contribution in [3.05, 3.63) is 0 Å². The molecule has 0 aromatic carbocycles. The Bertz CT molecular complexity index is 79.1. The van der Waals surface area contributed by atoms with E-state index >= 15 is 0 Å². The van der Waals surface area contributed by atoms with E-state index in [4.69, 9.17) is 11.9 Å². The van der Waals surface area contributed by atoms with Crippen LogP contribution in [0.25, 0.3) is 0 Å². The Morgan fingerprint density at radius 2 is 0.524 bits per heavy atom. The maximum Gasteiger partial charge on any atom is 0.115 e. The molecule has 0 aromatic heterocycles. The van der Waals surface area contributed by atoms with Crippen LogP contribution >= 0.6 is 27.4 Å². The number of hydrogen-bond acceptors (Lipinski definition) is 3. The molecule has 21 heavy (non-hydrogen) atoms. The SMILES string of the molecule is C.C.C.C.C.C.C.C.C.C.C.C.[2H]N.[2H]N.[2H]N.[2H]P([3H])C.[2H]P([3H])C.[2H]P([3H])C. The zero-order chi connectivity index (χ0) is 16.7. The van der Waals surface area contributed by atoms with Gasteiger partial charge in [0.1, 0.15) is 4.24 Å². The summed E-state index contributed by atoms with van der Waals surface area (Å²) in [5, 5.41) is 0. The van der Waals surface area contributed by atoms with E-state index in [2.05, 4.69) is 18.4 Å². The van der Waals surface area contributed by atoms with E-state index < -0.39 is 27.4 Å². The molecule has 162 valence electrons. The summed E-state index contributed by atoms with van der Waals surface area (Å²) in [5.74, 6) is 0. The Labute approximate surface area is 167 Å². The fourth-order valence-corrected chi connectivity index (χ4v) is 0. The third-order valence-corrected chi connectivity index (χ3v) is 0. The van der Waals surface area contributed by atoms with Crippen molar-refractivity contribution in [3.63, 3.8) is 0 Å². The van der Waals surface area contributed by atoms with E-state index in [1.807, 2.05) is 0 Å². The first-order valence-electron chi connectivity index (χ1n) is 5.76. The zero-order valence-corrected chi connectivity index (χ0v) is 8.76. The van der Waals surface area contributed by atoms with Gasteiger partial charge in [0.05, 0.1) is 7.67 Å². The van der Waals surface area contributed by atoms with Gasteiger partial charge in [0.15, 0.2) is 0 Å². The normalized spacial score (nSPS) is 10.3. The number of hydrogen-bond donors (Lipinski definition) is 3. The molecule has 3 unspecified atom stereocenters. The predicted octanol–water partition coefficient (Wildman–Crippen LogP) is 9.59. The van der Waals surface area contributed by atoms with Gasteiger partial charge in [-0.1, -0.05) is 109 Å². The van der Waals surface area contributed by atoms with Gasteiger partial charge >= 0.3 is 0 Å². The minimum Gasteiger partial charge on any atom is -0.344 e. The fourth-order valence-electron chi connectivity index (χ4n) is 0. The molecule has 0 rings (SSSR count). The van der Waals surface area contributed by atoms with Crippen LogP contribution in [0.2, 0.25) is 4.24 Å². The van der Waals surface area contributed by atoms with E-state index in [1.165, 1.54) is 0 Å². The lowest BCUT2D eigenvalue weighted by atomic mass is 12.0. The molecule has 0 heterocycles. The standard InChI is InChI=1S/3CH5P.12CH4.3H3N/c3*1-2;;;;;;;;;;;;;;;/h3*2H2,1H3;12*1H4;3*1H3/i3*2TD;;;;;;;;;;;;;;;/hD3. The van der Waals surface area contributed by atoms with Crippen molar-refractivity contribution >= 4 is 27.4 Å². The average Bonchev–Trinajstić information content (AvgIpc) is 2.23. The molecule has 0 saturated heterocycles. The molecule has 3 nitrogen and oxygen atoms in total. The second kappa shape index (κ2) is 6290. The maximum atomic E-state index is 6.31. The van der Waals surface area contributed by atoms with Gasteiger partial charge in [0, 0.05) is 0 Å². The molecule has 0 bridgehead atoms. The molecule has 0 fully saturated rings. The fraction of sp³-hybridized carbons (Fsp3) is 1.00. The van der Waals surface area contributed by atoms with Gasteiger partial charge in [-0.25, -0.2) is 0 Å². The van der Waals surface area contributed by atoms with Crippen LogP contribution in [-0.4, -0.2) is 27.7 Å². The van der Waals surface area contributed by atoms with E-state index in [-0.39, 0.29) is 89.1 Å². The van der Waals surface area contributed by atoms with Gasteiger partial charge < -0.3 is 18.4 Å². The largest absolute Gasteiger partial charge is 0.344 e. The van der Waals surface area contributed by atoms with Gasteiger partial charge in [-0.3, -0.25) is 0 Å². The Kier molecular flexibility index (Phi) is 17200. The highest BCUT2D eigenvalue weighted by Gasteiger charge is 0.910. The first-order valence-corrected chi connectivity index (χ1v) is 4.02. The van der Waals surface area contributed by atoms with Crippen LogP contribution in [0.1, 0.15) is 89.1 Å². The Hall–Kier alpha value is 1.17. The van der Waals surface area contributed by atoms with Crippen molar-refractivity contribution in [1.82, 2.24) is 18.4 Å². The number of rotatable bonds is 0. The van der Waals surface area contributed by atoms with Crippen molar-refractivity contribution in [1.29, 1.82) is 7.67 Å². The lowest BCUT2D eigenvalue weighted by Crippen LogP contribution is -0.804. The van der Waals surface area contributed by atoms with E-state index in [9.17, 15) is 0 Å². The lowest BCUT2D eigenvalue weighted by molar-refractivity contribution is 2.13. The molecule has 0 aliphatic heterocycles. The van der Waals surface area contributed by atoms with Gasteiger partial charge in [-0.05, 0) is 0 Å². The molecule has 0 saturated carbocycles. The predicted molar refractivity (Wildman–Crippen MR) is 143 cm³/mol. The van der Waals surface area contributed by atoms with E-state index in [1.54, 1.807) is 20.0 Å². The van der Waals surface area contributed by atoms with Crippen molar-refractivity contribution in [2.45, 2.75) is 89.1 Å². The van der Waals surface area contributed by atoms with Crippen molar-refractivity contribution < 1.29 is 4.24 Å². The molecular formula is C15H72N3P3. The quantitative estimate of drug-likeness (QED) is 0.353. The average molecular weight is 400 g/mol. The summed E-state index contributed by atoms with van der Waals surface area (Å²) in [6.45, 7) is 4.69. The first-order chi connectivity index (χ1) is 8.20. The van der Waals surface area contributed by atoms with Crippen LogP contribution < -0.4 is 18.4 Å². The van der Waals surface area contributed by atoms with Crippen molar-refractivity contribution in [2.75, 3.05) is 20.0 Å². The molecule has 3 atom stereocenters. The molecular weight excluding hydrogens is 315 g/mol. The highest BCUT2D eigenvalue weighted by Crippen LogP contribution is 1.47. The minimum absolute atomic E-state index is 0. The molecule has 0 amide bonds. The van der Waals surface area contributed by atoms with Crippen LogP contribution in [0.3, 0.4) is 0 Å². The molecule has 0 aromatic rings. The van der Waals surface area contributed by atoms with Gasteiger partial charge in [-0.2, -0.15) is 0 Å². The summed E-state index contributed by atoms with van der Waals surface area (Å²) in [7, 11) is -3.36. The summed E-state index contributed by atoms with van der Waals surface area (Å²) in [6, 6.07) is 0. The molecule has 0 spiro atoms. The van der Waals surface area contributed by atoms with Gasteiger partial charge in [0.25, 0.3) is 0 Å². The van der Waals surface area contributed by atoms with Crippen LogP contribution in [-0.2, 0) is 0 Å². The highest BCUT2D eigenvalue weighted by atomic mass is 31.0. The summed E-state index contributed by atoms with van der Waals surface area (Å²) < 4.78 is 53.6. The smallest absolute Gasteiger partial charge is 0.115 e. The van der Waals surface area contributed by atoms with E-state index in [0.29, 0.717) is 0 Å². The first kappa shape index (κ1) is 57.3. The van der Waals surface area contributed by atoms with Crippen LogP contribution in [0.4, 0.5) is 0 Å². The summed E-state index contributed by atoms with van der Waals surface area (Å²) in [4.78, 5) is 0. The Balaban J connectivity index is -0.00000000340. The molecule has 0 aliphatic rings. The molecule has 6 heteroatoms. The highest BCUT2D eigenvalue weighted by molar-refractivity contribution is 7.15.